The number of aliphatic hydroxyl groups is 1. The summed E-state index contributed by atoms with van der Waals surface area (Å²) in [5, 5.41) is 27.3. The van der Waals surface area contributed by atoms with Crippen LogP contribution in [0.1, 0.15) is 12.5 Å². The van der Waals surface area contributed by atoms with Crippen molar-refractivity contribution in [2.75, 3.05) is 0 Å². The number of rotatable bonds is 2. The van der Waals surface area contributed by atoms with Crippen LogP contribution >= 0.6 is 0 Å². The van der Waals surface area contributed by atoms with Crippen molar-refractivity contribution in [1.82, 2.24) is 0 Å². The van der Waals surface area contributed by atoms with Crippen LogP contribution in [0.25, 0.3) is 0 Å². The Morgan fingerprint density at radius 2 is 2.00 bits per heavy atom. The van der Waals surface area contributed by atoms with Crippen LogP contribution in [0.3, 0.4) is 0 Å². The molecule has 3 N–H and O–H groups in total. The van der Waals surface area contributed by atoms with Gasteiger partial charge in [-0.05, 0) is 25.1 Å². The smallest absolute Gasteiger partial charge is 0.119 e. The van der Waals surface area contributed by atoms with Crippen LogP contribution in [0.5, 0.6) is 11.5 Å². The zero-order chi connectivity index (χ0) is 9.14. The molecule has 0 fully saturated rings. The first-order valence-corrected chi connectivity index (χ1v) is 3.78. The van der Waals surface area contributed by atoms with Crippen molar-refractivity contribution in [2.45, 2.75) is 19.4 Å². The van der Waals surface area contributed by atoms with Gasteiger partial charge in [0, 0.05) is 12.0 Å². The van der Waals surface area contributed by atoms with E-state index in [1.165, 1.54) is 18.2 Å². The Kier molecular flexibility index (Phi) is 2.55. The fourth-order valence-corrected chi connectivity index (χ4v) is 1.05. The predicted octanol–water partition coefficient (Wildman–Crippen LogP) is 1.02. The minimum Gasteiger partial charge on any atom is -0.508 e. The molecule has 0 heterocycles. The summed E-state index contributed by atoms with van der Waals surface area (Å²) in [6.07, 6.45) is -0.169. The van der Waals surface area contributed by atoms with Crippen LogP contribution in [0.4, 0.5) is 0 Å². The first-order valence-electron chi connectivity index (χ1n) is 3.78. The zero-order valence-corrected chi connectivity index (χ0v) is 6.86. The fourth-order valence-electron chi connectivity index (χ4n) is 1.05. The van der Waals surface area contributed by atoms with E-state index in [4.69, 9.17) is 10.2 Å². The molecular formula is C9H12O3. The molecule has 1 atom stereocenters. The van der Waals surface area contributed by atoms with Crippen LogP contribution in [0.2, 0.25) is 0 Å². The minimum atomic E-state index is -0.516. The summed E-state index contributed by atoms with van der Waals surface area (Å²) in [7, 11) is 0. The van der Waals surface area contributed by atoms with E-state index in [-0.39, 0.29) is 11.5 Å². The zero-order valence-electron chi connectivity index (χ0n) is 6.86. The third-order valence-corrected chi connectivity index (χ3v) is 1.58. The maximum atomic E-state index is 9.26. The average Bonchev–Trinajstić information content (AvgIpc) is 1.96. The molecule has 0 aliphatic heterocycles. The molecule has 3 heteroatoms. The SMILES string of the molecule is CC(O)Cc1cc(O)ccc1O. The molecule has 1 aromatic rings. The fraction of sp³-hybridized carbons (Fsp3) is 0.333. The monoisotopic (exact) mass is 168 g/mol. The van der Waals surface area contributed by atoms with Crippen LogP contribution in [-0.4, -0.2) is 21.4 Å². The van der Waals surface area contributed by atoms with E-state index in [1.807, 2.05) is 0 Å². The van der Waals surface area contributed by atoms with Crippen molar-refractivity contribution in [2.24, 2.45) is 0 Å². The number of aliphatic hydroxyl groups excluding tert-OH is 1. The molecule has 12 heavy (non-hydrogen) atoms. The molecule has 0 aliphatic rings. The Morgan fingerprint density at radius 3 is 2.58 bits per heavy atom. The molecule has 0 spiro atoms. The third-order valence-electron chi connectivity index (χ3n) is 1.58. The summed E-state index contributed by atoms with van der Waals surface area (Å²) in [5.41, 5.74) is 0.560. The van der Waals surface area contributed by atoms with Crippen molar-refractivity contribution >= 4 is 0 Å². The van der Waals surface area contributed by atoms with Gasteiger partial charge in [0.25, 0.3) is 0 Å². The summed E-state index contributed by atoms with van der Waals surface area (Å²) in [6.45, 7) is 1.63. The Balaban J connectivity index is 2.90. The van der Waals surface area contributed by atoms with E-state index in [0.717, 1.165) is 0 Å². The molecule has 1 unspecified atom stereocenters. The minimum absolute atomic E-state index is 0.100. The molecule has 0 bridgehead atoms. The summed E-state index contributed by atoms with van der Waals surface area (Å²) < 4.78 is 0. The summed E-state index contributed by atoms with van der Waals surface area (Å²) in [5.74, 6) is 0.206. The highest BCUT2D eigenvalue weighted by Gasteiger charge is 2.05. The van der Waals surface area contributed by atoms with Crippen LogP contribution in [-0.2, 0) is 6.42 Å². The van der Waals surface area contributed by atoms with Crippen molar-refractivity contribution in [3.63, 3.8) is 0 Å². The number of phenolic OH excluding ortho intramolecular Hbond substituents is 2. The average molecular weight is 168 g/mol. The van der Waals surface area contributed by atoms with Gasteiger partial charge in [-0.2, -0.15) is 0 Å². The van der Waals surface area contributed by atoms with Gasteiger partial charge in [0.1, 0.15) is 11.5 Å². The second kappa shape index (κ2) is 3.45. The van der Waals surface area contributed by atoms with Crippen molar-refractivity contribution in [3.05, 3.63) is 23.8 Å². The summed E-state index contributed by atoms with van der Waals surface area (Å²) in [4.78, 5) is 0. The number of benzene rings is 1. The highest BCUT2D eigenvalue weighted by Crippen LogP contribution is 2.22. The highest BCUT2D eigenvalue weighted by atomic mass is 16.3. The van der Waals surface area contributed by atoms with Gasteiger partial charge in [0.2, 0.25) is 0 Å². The summed E-state index contributed by atoms with van der Waals surface area (Å²) >= 11 is 0. The molecule has 66 valence electrons. The summed E-state index contributed by atoms with van der Waals surface area (Å²) in [6, 6.07) is 4.26. The molecule has 0 saturated heterocycles. The van der Waals surface area contributed by atoms with E-state index >= 15 is 0 Å². The van der Waals surface area contributed by atoms with Crippen LogP contribution in [0.15, 0.2) is 18.2 Å². The molecular weight excluding hydrogens is 156 g/mol. The van der Waals surface area contributed by atoms with Gasteiger partial charge in [-0.3, -0.25) is 0 Å². The second-order valence-electron chi connectivity index (χ2n) is 2.87. The quantitative estimate of drug-likeness (QED) is 0.578. The van der Waals surface area contributed by atoms with Crippen LogP contribution in [0, 0.1) is 0 Å². The van der Waals surface area contributed by atoms with E-state index < -0.39 is 6.10 Å². The van der Waals surface area contributed by atoms with Gasteiger partial charge in [-0.25, -0.2) is 0 Å². The third kappa shape index (κ3) is 2.13. The van der Waals surface area contributed by atoms with E-state index in [2.05, 4.69) is 0 Å². The van der Waals surface area contributed by atoms with Gasteiger partial charge >= 0.3 is 0 Å². The van der Waals surface area contributed by atoms with Crippen molar-refractivity contribution in [1.29, 1.82) is 0 Å². The molecule has 0 aromatic heterocycles. The molecule has 1 aromatic carbocycles. The van der Waals surface area contributed by atoms with Gasteiger partial charge in [-0.1, -0.05) is 0 Å². The first-order chi connectivity index (χ1) is 5.59. The number of hydrogen-bond donors (Lipinski definition) is 3. The highest BCUT2D eigenvalue weighted by molar-refractivity contribution is 5.38. The molecule has 0 radical (unpaired) electrons. The topological polar surface area (TPSA) is 60.7 Å². The second-order valence-corrected chi connectivity index (χ2v) is 2.87. The van der Waals surface area contributed by atoms with Crippen molar-refractivity contribution in [3.8, 4) is 11.5 Å². The predicted molar refractivity (Wildman–Crippen MR) is 45.2 cm³/mol. The molecule has 0 amide bonds. The Labute approximate surface area is 70.9 Å². The van der Waals surface area contributed by atoms with Crippen LogP contribution < -0.4 is 0 Å². The van der Waals surface area contributed by atoms with E-state index in [9.17, 15) is 5.11 Å². The molecule has 0 saturated carbocycles. The van der Waals surface area contributed by atoms with Gasteiger partial charge in [0.05, 0.1) is 6.10 Å². The Hall–Kier alpha value is -1.22. The lowest BCUT2D eigenvalue weighted by Crippen LogP contribution is -2.03. The normalized spacial score (nSPS) is 12.8. The maximum Gasteiger partial charge on any atom is 0.119 e. The van der Waals surface area contributed by atoms with Gasteiger partial charge < -0.3 is 15.3 Å². The molecule has 3 nitrogen and oxygen atoms in total. The lowest BCUT2D eigenvalue weighted by Gasteiger charge is -2.06. The lowest BCUT2D eigenvalue weighted by molar-refractivity contribution is 0.194. The maximum absolute atomic E-state index is 9.26. The van der Waals surface area contributed by atoms with Gasteiger partial charge in [-0.15, -0.1) is 0 Å². The molecule has 1 rings (SSSR count). The Morgan fingerprint density at radius 1 is 1.33 bits per heavy atom. The lowest BCUT2D eigenvalue weighted by atomic mass is 10.1. The van der Waals surface area contributed by atoms with E-state index in [0.29, 0.717) is 12.0 Å². The number of hydrogen-bond acceptors (Lipinski definition) is 3. The largest absolute Gasteiger partial charge is 0.508 e. The Bertz CT molecular complexity index is 268. The van der Waals surface area contributed by atoms with E-state index in [1.54, 1.807) is 6.92 Å². The van der Waals surface area contributed by atoms with Crippen molar-refractivity contribution < 1.29 is 15.3 Å². The van der Waals surface area contributed by atoms with Gasteiger partial charge in [0.15, 0.2) is 0 Å². The number of phenols is 2. The standard InChI is InChI=1S/C9H12O3/c1-6(10)4-7-5-8(11)2-3-9(7)12/h2-3,5-6,10-12H,4H2,1H3. The first kappa shape index (κ1) is 8.87. The molecule has 0 aliphatic carbocycles. The number of aromatic hydroxyl groups is 2.